The Bertz CT molecular complexity index is 775. The number of benzene rings is 2. The van der Waals surface area contributed by atoms with E-state index in [1.165, 1.54) is 5.56 Å². The molecule has 3 nitrogen and oxygen atoms in total. The zero-order valence-electron chi connectivity index (χ0n) is 16.2. The van der Waals surface area contributed by atoms with Gasteiger partial charge in [0.1, 0.15) is 0 Å². The Morgan fingerprint density at radius 2 is 1.73 bits per heavy atom. The highest BCUT2D eigenvalue weighted by molar-refractivity contribution is 7.80. The number of rotatable bonds is 5. The highest BCUT2D eigenvalue weighted by Crippen LogP contribution is 2.23. The molecule has 0 aliphatic rings. The van der Waals surface area contributed by atoms with Gasteiger partial charge in [0.05, 0.1) is 0 Å². The van der Waals surface area contributed by atoms with E-state index in [9.17, 15) is 4.79 Å². The van der Waals surface area contributed by atoms with E-state index in [1.807, 2.05) is 48.5 Å². The SMILES string of the molecule is CCC(C)NC(=S)Nc1cccc(C(=O)c2ccc(C(C)(C)C)cc2)c1. The van der Waals surface area contributed by atoms with E-state index in [2.05, 4.69) is 45.3 Å². The van der Waals surface area contributed by atoms with Crippen molar-refractivity contribution in [2.24, 2.45) is 0 Å². The maximum atomic E-state index is 12.8. The van der Waals surface area contributed by atoms with Gasteiger partial charge in [-0.25, -0.2) is 0 Å². The van der Waals surface area contributed by atoms with E-state index in [4.69, 9.17) is 12.2 Å². The summed E-state index contributed by atoms with van der Waals surface area (Å²) in [6, 6.07) is 15.6. The van der Waals surface area contributed by atoms with Gasteiger partial charge in [0, 0.05) is 22.9 Å². The largest absolute Gasteiger partial charge is 0.360 e. The van der Waals surface area contributed by atoms with Crippen LogP contribution < -0.4 is 10.6 Å². The second-order valence-corrected chi connectivity index (χ2v) is 8.05. The normalized spacial score (nSPS) is 12.3. The van der Waals surface area contributed by atoms with Crippen molar-refractivity contribution in [3.8, 4) is 0 Å². The van der Waals surface area contributed by atoms with E-state index >= 15 is 0 Å². The Morgan fingerprint density at radius 1 is 1.08 bits per heavy atom. The Hall–Kier alpha value is -2.20. The van der Waals surface area contributed by atoms with Crippen molar-refractivity contribution in [3.05, 3.63) is 65.2 Å². The summed E-state index contributed by atoms with van der Waals surface area (Å²) >= 11 is 5.32. The topological polar surface area (TPSA) is 41.1 Å². The van der Waals surface area contributed by atoms with Crippen molar-refractivity contribution < 1.29 is 4.79 Å². The van der Waals surface area contributed by atoms with Gasteiger partial charge >= 0.3 is 0 Å². The molecule has 0 aliphatic carbocycles. The summed E-state index contributed by atoms with van der Waals surface area (Å²) < 4.78 is 0. The van der Waals surface area contributed by atoms with Gasteiger partial charge < -0.3 is 10.6 Å². The van der Waals surface area contributed by atoms with Gasteiger partial charge in [-0.2, -0.15) is 0 Å². The first kappa shape index (κ1) is 20.1. The molecule has 2 aromatic rings. The van der Waals surface area contributed by atoms with E-state index in [-0.39, 0.29) is 11.2 Å². The Balaban J connectivity index is 2.14. The van der Waals surface area contributed by atoms with Crippen LogP contribution in [0.3, 0.4) is 0 Å². The number of anilines is 1. The lowest BCUT2D eigenvalue weighted by Crippen LogP contribution is -2.35. The molecule has 0 aliphatic heterocycles. The minimum atomic E-state index is 0.00918. The first-order valence-corrected chi connectivity index (χ1v) is 9.44. The van der Waals surface area contributed by atoms with Gasteiger partial charge in [-0.3, -0.25) is 4.79 Å². The summed E-state index contributed by atoms with van der Waals surface area (Å²) in [6.45, 7) is 10.7. The van der Waals surface area contributed by atoms with Crippen LogP contribution >= 0.6 is 12.2 Å². The predicted molar refractivity (Wildman–Crippen MR) is 114 cm³/mol. The second kappa shape index (κ2) is 8.45. The van der Waals surface area contributed by atoms with Gasteiger partial charge in [0.15, 0.2) is 10.9 Å². The predicted octanol–water partition coefficient (Wildman–Crippen LogP) is 5.30. The molecule has 0 fully saturated rings. The lowest BCUT2D eigenvalue weighted by Gasteiger charge is -2.19. The van der Waals surface area contributed by atoms with Crippen LogP contribution in [0.5, 0.6) is 0 Å². The summed E-state index contributed by atoms with van der Waals surface area (Å²) in [5.74, 6) is 0.00918. The van der Waals surface area contributed by atoms with E-state index in [0.717, 1.165) is 12.1 Å². The Labute approximate surface area is 162 Å². The molecule has 4 heteroatoms. The fraction of sp³-hybridized carbons (Fsp3) is 0.364. The van der Waals surface area contributed by atoms with Crippen molar-refractivity contribution in [2.45, 2.75) is 52.5 Å². The highest BCUT2D eigenvalue weighted by atomic mass is 32.1. The van der Waals surface area contributed by atoms with E-state index < -0.39 is 0 Å². The molecular formula is C22H28N2OS. The van der Waals surface area contributed by atoms with Gasteiger partial charge in [-0.1, -0.05) is 64.1 Å². The monoisotopic (exact) mass is 368 g/mol. The molecule has 0 aromatic heterocycles. The van der Waals surface area contributed by atoms with Crippen molar-refractivity contribution >= 4 is 28.8 Å². The number of ketones is 1. The van der Waals surface area contributed by atoms with Crippen molar-refractivity contribution in [2.75, 3.05) is 5.32 Å². The molecule has 26 heavy (non-hydrogen) atoms. The number of hydrogen-bond donors (Lipinski definition) is 2. The maximum Gasteiger partial charge on any atom is 0.193 e. The molecule has 0 heterocycles. The zero-order chi connectivity index (χ0) is 19.3. The van der Waals surface area contributed by atoms with Crippen LogP contribution in [-0.2, 0) is 5.41 Å². The molecule has 2 aromatic carbocycles. The standard InChI is InChI=1S/C22H28N2OS/c1-6-15(2)23-21(26)24-19-9-7-8-17(14-19)20(25)16-10-12-18(13-11-16)22(3,4)5/h7-15H,6H2,1-5H3,(H2,23,24,26). The number of carbonyl (C=O) groups excluding carboxylic acids is 1. The molecule has 2 rings (SSSR count). The van der Waals surface area contributed by atoms with Crippen LogP contribution in [0.4, 0.5) is 5.69 Å². The Morgan fingerprint density at radius 3 is 2.31 bits per heavy atom. The molecule has 0 spiro atoms. The molecule has 1 atom stereocenters. The van der Waals surface area contributed by atoms with Gasteiger partial charge in [0.2, 0.25) is 0 Å². The number of nitrogens with one attached hydrogen (secondary N) is 2. The van der Waals surface area contributed by atoms with Crippen molar-refractivity contribution in [3.63, 3.8) is 0 Å². The van der Waals surface area contributed by atoms with Crippen LogP contribution in [0.1, 0.15) is 62.5 Å². The average Bonchev–Trinajstić information content (AvgIpc) is 2.60. The first-order valence-electron chi connectivity index (χ1n) is 9.03. The number of carbonyl (C=O) groups is 1. The third kappa shape index (κ3) is 5.40. The number of thiocarbonyl (C=S) groups is 1. The van der Waals surface area contributed by atoms with E-state index in [0.29, 0.717) is 22.3 Å². The fourth-order valence-electron chi connectivity index (χ4n) is 2.52. The van der Waals surface area contributed by atoms with Crippen molar-refractivity contribution in [1.82, 2.24) is 5.32 Å². The lowest BCUT2D eigenvalue weighted by molar-refractivity contribution is 0.103. The van der Waals surface area contributed by atoms with Crippen LogP contribution in [0.15, 0.2) is 48.5 Å². The fourth-order valence-corrected chi connectivity index (χ4v) is 2.84. The molecular weight excluding hydrogens is 340 g/mol. The molecule has 0 amide bonds. The summed E-state index contributed by atoms with van der Waals surface area (Å²) in [6.07, 6.45) is 0.991. The quantitative estimate of drug-likeness (QED) is 0.555. The van der Waals surface area contributed by atoms with Gasteiger partial charge in [-0.15, -0.1) is 0 Å². The van der Waals surface area contributed by atoms with E-state index in [1.54, 1.807) is 0 Å². The van der Waals surface area contributed by atoms with Crippen LogP contribution in [-0.4, -0.2) is 16.9 Å². The number of hydrogen-bond acceptors (Lipinski definition) is 2. The van der Waals surface area contributed by atoms with Gasteiger partial charge in [0.25, 0.3) is 0 Å². The Kier molecular flexibility index (Phi) is 6.54. The third-order valence-corrected chi connectivity index (χ3v) is 4.61. The summed E-state index contributed by atoms with van der Waals surface area (Å²) in [5.41, 5.74) is 3.43. The molecule has 0 radical (unpaired) electrons. The maximum absolute atomic E-state index is 12.8. The minimum Gasteiger partial charge on any atom is -0.360 e. The zero-order valence-corrected chi connectivity index (χ0v) is 17.0. The molecule has 0 saturated heterocycles. The summed E-state index contributed by atoms with van der Waals surface area (Å²) in [7, 11) is 0. The molecule has 1 unspecified atom stereocenters. The van der Waals surface area contributed by atoms with Crippen LogP contribution in [0.25, 0.3) is 0 Å². The minimum absolute atomic E-state index is 0.00918. The smallest absolute Gasteiger partial charge is 0.193 e. The second-order valence-electron chi connectivity index (χ2n) is 7.65. The third-order valence-electron chi connectivity index (χ3n) is 4.39. The van der Waals surface area contributed by atoms with Crippen LogP contribution in [0.2, 0.25) is 0 Å². The first-order chi connectivity index (χ1) is 12.2. The van der Waals surface area contributed by atoms with Crippen LogP contribution in [0, 0.1) is 0 Å². The molecule has 0 bridgehead atoms. The molecule has 138 valence electrons. The highest BCUT2D eigenvalue weighted by Gasteiger charge is 2.15. The molecule has 0 saturated carbocycles. The van der Waals surface area contributed by atoms with Crippen molar-refractivity contribution in [1.29, 1.82) is 0 Å². The summed E-state index contributed by atoms with van der Waals surface area (Å²) in [4.78, 5) is 12.8. The lowest BCUT2D eigenvalue weighted by atomic mass is 9.86. The molecule has 2 N–H and O–H groups in total. The van der Waals surface area contributed by atoms with Gasteiger partial charge in [-0.05, 0) is 48.7 Å². The average molecular weight is 369 g/mol. The summed E-state index contributed by atoms with van der Waals surface area (Å²) in [5, 5.41) is 6.93.